The molecule has 2 rings (SSSR count). The Kier molecular flexibility index (Phi) is 5.31. The van der Waals surface area contributed by atoms with Gasteiger partial charge in [0.15, 0.2) is 0 Å². The lowest BCUT2D eigenvalue weighted by molar-refractivity contribution is -0.120. The Morgan fingerprint density at radius 3 is 3.00 bits per heavy atom. The van der Waals surface area contributed by atoms with Crippen molar-refractivity contribution >= 4 is 5.91 Å². The van der Waals surface area contributed by atoms with Gasteiger partial charge in [0.25, 0.3) is 0 Å². The summed E-state index contributed by atoms with van der Waals surface area (Å²) < 4.78 is 5.26. The van der Waals surface area contributed by atoms with Crippen LogP contribution in [0.1, 0.15) is 23.4 Å². The molecule has 0 saturated heterocycles. The second-order valence-corrected chi connectivity index (χ2v) is 4.87. The lowest BCUT2D eigenvalue weighted by Crippen LogP contribution is -2.26. The number of nitrogens with one attached hydrogen (secondary N) is 2. The maximum absolute atomic E-state index is 11.9. The molecule has 0 spiro atoms. The van der Waals surface area contributed by atoms with Crippen molar-refractivity contribution in [3.8, 4) is 5.75 Å². The van der Waals surface area contributed by atoms with Crippen LogP contribution in [-0.4, -0.2) is 34.7 Å². The van der Waals surface area contributed by atoms with Gasteiger partial charge in [-0.15, -0.1) is 0 Å². The molecule has 2 aromatic rings. The molecule has 0 aliphatic rings. The first-order valence-electron chi connectivity index (χ1n) is 6.93. The molecule has 0 saturated carbocycles. The molecule has 0 unspecified atom stereocenters. The highest BCUT2D eigenvalue weighted by atomic mass is 16.5. The molecule has 0 bridgehead atoms. The van der Waals surface area contributed by atoms with Gasteiger partial charge in [-0.1, -0.05) is 12.1 Å². The number of rotatable bonds is 7. The number of benzene rings is 1. The number of H-pyrrole nitrogens is 1. The molecule has 0 fully saturated rings. The van der Waals surface area contributed by atoms with Crippen LogP contribution in [0, 0.1) is 6.92 Å². The number of hydrogen-bond donors (Lipinski definition) is 2. The second-order valence-electron chi connectivity index (χ2n) is 4.87. The molecule has 21 heavy (non-hydrogen) atoms. The zero-order valence-electron chi connectivity index (χ0n) is 12.3. The fourth-order valence-corrected chi connectivity index (χ4v) is 2.06. The molecule has 0 aliphatic heterocycles. The molecule has 6 nitrogen and oxygen atoms in total. The van der Waals surface area contributed by atoms with Gasteiger partial charge in [0.1, 0.15) is 17.9 Å². The third kappa shape index (κ3) is 4.59. The van der Waals surface area contributed by atoms with Crippen molar-refractivity contribution in [2.45, 2.75) is 26.2 Å². The van der Waals surface area contributed by atoms with E-state index >= 15 is 0 Å². The van der Waals surface area contributed by atoms with Crippen LogP contribution in [0.15, 0.2) is 24.5 Å². The molecule has 1 amide bonds. The van der Waals surface area contributed by atoms with E-state index in [-0.39, 0.29) is 5.91 Å². The number of amides is 1. The summed E-state index contributed by atoms with van der Waals surface area (Å²) in [4.78, 5) is 15.9. The highest BCUT2D eigenvalue weighted by Crippen LogP contribution is 2.19. The monoisotopic (exact) mass is 288 g/mol. The zero-order valence-corrected chi connectivity index (χ0v) is 12.3. The minimum atomic E-state index is 0.0125. The van der Waals surface area contributed by atoms with Crippen LogP contribution in [-0.2, 0) is 17.6 Å². The fourth-order valence-electron chi connectivity index (χ4n) is 2.06. The number of carbonyl (C=O) groups is 1. The summed E-state index contributed by atoms with van der Waals surface area (Å²) in [5.41, 5.74) is 2.01. The predicted octanol–water partition coefficient (Wildman–Crippen LogP) is 1.41. The third-order valence-electron chi connectivity index (χ3n) is 3.21. The van der Waals surface area contributed by atoms with Crippen molar-refractivity contribution in [2.75, 3.05) is 13.7 Å². The number of hydrogen-bond acceptors (Lipinski definition) is 4. The summed E-state index contributed by atoms with van der Waals surface area (Å²) in [5, 5.41) is 9.48. The number of aryl methyl sites for hydroxylation is 2. The molecule has 0 atom stereocenters. The summed E-state index contributed by atoms with van der Waals surface area (Å²) in [6.07, 6.45) is 3.45. The first-order chi connectivity index (χ1) is 10.2. The molecular formula is C15H20N4O2. The number of aromatic amines is 1. The molecule has 0 aliphatic carbocycles. The average Bonchev–Trinajstić information content (AvgIpc) is 2.99. The van der Waals surface area contributed by atoms with Gasteiger partial charge in [-0.05, 0) is 30.5 Å². The van der Waals surface area contributed by atoms with Crippen molar-refractivity contribution in [3.05, 3.63) is 41.5 Å². The largest absolute Gasteiger partial charge is 0.496 e. The molecule has 112 valence electrons. The van der Waals surface area contributed by atoms with Gasteiger partial charge >= 0.3 is 0 Å². The summed E-state index contributed by atoms with van der Waals surface area (Å²) in [5.74, 6) is 1.66. The topological polar surface area (TPSA) is 79.9 Å². The Labute approximate surface area is 123 Å². The van der Waals surface area contributed by atoms with Crippen molar-refractivity contribution in [1.29, 1.82) is 0 Å². The van der Waals surface area contributed by atoms with Crippen LogP contribution in [0.3, 0.4) is 0 Å². The summed E-state index contributed by atoms with van der Waals surface area (Å²) in [7, 11) is 1.63. The van der Waals surface area contributed by atoms with Gasteiger partial charge in [-0.3, -0.25) is 9.89 Å². The summed E-state index contributed by atoms with van der Waals surface area (Å²) in [6, 6.07) is 5.82. The molecule has 6 heteroatoms. The standard InChI is InChI=1S/C15H20N4O2/c1-11-5-6-12(8-13(11)21-2)9-15(20)16-7-3-4-14-17-10-18-19-14/h5-6,8,10H,3-4,7,9H2,1-2H3,(H,16,20)(H,17,18,19). The van der Waals surface area contributed by atoms with Gasteiger partial charge in [0.2, 0.25) is 5.91 Å². The van der Waals surface area contributed by atoms with Crippen LogP contribution in [0.5, 0.6) is 5.75 Å². The van der Waals surface area contributed by atoms with Gasteiger partial charge < -0.3 is 10.1 Å². The lowest BCUT2D eigenvalue weighted by Gasteiger charge is -2.08. The quantitative estimate of drug-likeness (QED) is 0.755. The van der Waals surface area contributed by atoms with E-state index in [1.165, 1.54) is 6.33 Å². The fraction of sp³-hybridized carbons (Fsp3) is 0.400. The Balaban J connectivity index is 1.74. The van der Waals surface area contributed by atoms with Crippen LogP contribution in [0.2, 0.25) is 0 Å². The van der Waals surface area contributed by atoms with Gasteiger partial charge in [-0.2, -0.15) is 5.10 Å². The summed E-state index contributed by atoms with van der Waals surface area (Å²) >= 11 is 0. The van der Waals surface area contributed by atoms with Crippen molar-refractivity contribution in [3.63, 3.8) is 0 Å². The maximum Gasteiger partial charge on any atom is 0.224 e. The Morgan fingerprint density at radius 2 is 2.29 bits per heavy atom. The molecule has 1 aromatic carbocycles. The number of methoxy groups -OCH3 is 1. The molecule has 0 radical (unpaired) electrons. The van der Waals surface area contributed by atoms with E-state index < -0.39 is 0 Å². The highest BCUT2D eigenvalue weighted by molar-refractivity contribution is 5.78. The normalized spacial score (nSPS) is 10.4. The molecular weight excluding hydrogens is 268 g/mol. The number of ether oxygens (including phenoxy) is 1. The van der Waals surface area contributed by atoms with E-state index in [0.29, 0.717) is 13.0 Å². The zero-order chi connectivity index (χ0) is 15.1. The highest BCUT2D eigenvalue weighted by Gasteiger charge is 2.06. The lowest BCUT2D eigenvalue weighted by atomic mass is 10.1. The number of aromatic nitrogens is 3. The molecule has 1 heterocycles. The van der Waals surface area contributed by atoms with E-state index in [1.807, 2.05) is 25.1 Å². The van der Waals surface area contributed by atoms with Crippen molar-refractivity contribution in [1.82, 2.24) is 20.5 Å². The van der Waals surface area contributed by atoms with E-state index in [1.54, 1.807) is 7.11 Å². The van der Waals surface area contributed by atoms with Gasteiger partial charge in [0, 0.05) is 13.0 Å². The molecule has 2 N–H and O–H groups in total. The Hall–Kier alpha value is -2.37. The van der Waals surface area contributed by atoms with Crippen LogP contribution in [0.4, 0.5) is 0 Å². The maximum atomic E-state index is 11.9. The average molecular weight is 288 g/mol. The van der Waals surface area contributed by atoms with Crippen LogP contribution < -0.4 is 10.1 Å². The third-order valence-corrected chi connectivity index (χ3v) is 3.21. The van der Waals surface area contributed by atoms with E-state index in [2.05, 4.69) is 20.5 Å². The van der Waals surface area contributed by atoms with Crippen LogP contribution in [0.25, 0.3) is 0 Å². The number of carbonyl (C=O) groups excluding carboxylic acids is 1. The Morgan fingerprint density at radius 1 is 1.43 bits per heavy atom. The van der Waals surface area contributed by atoms with Crippen LogP contribution >= 0.6 is 0 Å². The first kappa shape index (κ1) is 15.0. The summed E-state index contributed by atoms with van der Waals surface area (Å²) in [6.45, 7) is 2.61. The van der Waals surface area contributed by atoms with Gasteiger partial charge in [-0.25, -0.2) is 4.98 Å². The van der Waals surface area contributed by atoms with E-state index in [9.17, 15) is 4.79 Å². The second kappa shape index (κ2) is 7.42. The SMILES string of the molecule is COc1cc(CC(=O)NCCCc2ncn[nH]2)ccc1C. The van der Waals surface area contributed by atoms with Crippen molar-refractivity contribution in [2.24, 2.45) is 0 Å². The van der Waals surface area contributed by atoms with E-state index in [0.717, 1.165) is 35.5 Å². The minimum absolute atomic E-state index is 0.0125. The Bertz CT molecular complexity index is 581. The first-order valence-corrected chi connectivity index (χ1v) is 6.93. The molecule has 1 aromatic heterocycles. The predicted molar refractivity (Wildman–Crippen MR) is 79.1 cm³/mol. The minimum Gasteiger partial charge on any atom is -0.496 e. The number of nitrogens with zero attached hydrogens (tertiary/aromatic N) is 2. The smallest absolute Gasteiger partial charge is 0.224 e. The van der Waals surface area contributed by atoms with Crippen molar-refractivity contribution < 1.29 is 9.53 Å². The van der Waals surface area contributed by atoms with Gasteiger partial charge in [0.05, 0.1) is 13.5 Å². The van der Waals surface area contributed by atoms with E-state index in [4.69, 9.17) is 4.74 Å².